The van der Waals surface area contributed by atoms with Crippen LogP contribution in [0.2, 0.25) is 0 Å². The van der Waals surface area contributed by atoms with E-state index in [1.54, 1.807) is 21.2 Å². The van der Waals surface area contributed by atoms with Crippen LogP contribution in [0.3, 0.4) is 0 Å². The predicted molar refractivity (Wildman–Crippen MR) is 181 cm³/mol. The Labute approximate surface area is 275 Å². The van der Waals surface area contributed by atoms with Crippen LogP contribution in [0.25, 0.3) is 33.6 Å². The molecule has 47 heavy (non-hydrogen) atoms. The lowest BCUT2D eigenvalue weighted by atomic mass is 9.91. The molecule has 0 bridgehead atoms. The van der Waals surface area contributed by atoms with E-state index in [9.17, 15) is 8.42 Å². The number of hydrogen-bond acceptors (Lipinski definition) is 8. The van der Waals surface area contributed by atoms with Gasteiger partial charge in [-0.1, -0.05) is 30.3 Å². The summed E-state index contributed by atoms with van der Waals surface area (Å²) in [6.45, 7) is 2.07. The number of piperazine rings is 1. The third-order valence-electron chi connectivity index (χ3n) is 9.11. The summed E-state index contributed by atoms with van der Waals surface area (Å²) in [6, 6.07) is 14.7. The first-order chi connectivity index (χ1) is 22.6. The molecule has 7 rings (SSSR count). The molecule has 0 radical (unpaired) electrons. The SMILES string of the molecule is COc1cc(N2CCN(S(=O)(=O)N(C)C)CC2)ccc1Cc1ncc2c(n1)-c1c(nn(C)c1-c1ccc(-c3cnn(C)c3)cc1)CC2. The van der Waals surface area contributed by atoms with E-state index in [4.69, 9.17) is 19.8 Å². The highest BCUT2D eigenvalue weighted by Gasteiger charge is 2.30. The number of nitrogens with zero attached hydrogens (tertiary/aromatic N) is 9. The van der Waals surface area contributed by atoms with Crippen LogP contribution < -0.4 is 9.64 Å². The first kappa shape index (κ1) is 31.0. The van der Waals surface area contributed by atoms with E-state index in [1.807, 2.05) is 48.1 Å². The summed E-state index contributed by atoms with van der Waals surface area (Å²) < 4.78 is 37.5. The number of anilines is 1. The van der Waals surface area contributed by atoms with E-state index in [0.717, 1.165) is 74.7 Å². The van der Waals surface area contributed by atoms with Gasteiger partial charge in [0, 0.05) is 107 Å². The second-order valence-electron chi connectivity index (χ2n) is 12.3. The van der Waals surface area contributed by atoms with Crippen molar-refractivity contribution in [3.63, 3.8) is 0 Å². The molecule has 5 aromatic rings. The first-order valence-corrected chi connectivity index (χ1v) is 17.1. The minimum absolute atomic E-state index is 0.431. The fourth-order valence-corrected chi connectivity index (χ4v) is 7.65. The minimum Gasteiger partial charge on any atom is -0.496 e. The molecule has 12 nitrogen and oxygen atoms in total. The molecule has 0 spiro atoms. The number of benzene rings is 2. The fourth-order valence-electron chi connectivity index (χ4n) is 6.56. The van der Waals surface area contributed by atoms with Crippen molar-refractivity contribution in [1.82, 2.24) is 38.1 Å². The second kappa shape index (κ2) is 12.2. The van der Waals surface area contributed by atoms with Crippen molar-refractivity contribution in [2.45, 2.75) is 19.3 Å². The van der Waals surface area contributed by atoms with Crippen LogP contribution in [-0.4, -0.2) is 93.9 Å². The lowest BCUT2D eigenvalue weighted by molar-refractivity contribution is 0.355. The average Bonchev–Trinajstić information content (AvgIpc) is 3.67. The Balaban J connectivity index is 1.14. The van der Waals surface area contributed by atoms with Gasteiger partial charge in [0.2, 0.25) is 0 Å². The summed E-state index contributed by atoms with van der Waals surface area (Å²) >= 11 is 0. The molecule has 1 fully saturated rings. The van der Waals surface area contributed by atoms with Gasteiger partial charge in [-0.05, 0) is 30.0 Å². The highest BCUT2D eigenvalue weighted by atomic mass is 32.2. The maximum Gasteiger partial charge on any atom is 0.281 e. The van der Waals surface area contributed by atoms with Gasteiger partial charge in [0.1, 0.15) is 11.6 Å². The number of hydrogen-bond donors (Lipinski definition) is 0. The third kappa shape index (κ3) is 5.79. The zero-order valence-electron chi connectivity index (χ0n) is 27.4. The Bertz CT molecular complexity index is 2040. The molecule has 244 valence electrons. The lowest BCUT2D eigenvalue weighted by Gasteiger charge is -2.36. The maximum absolute atomic E-state index is 12.6. The summed E-state index contributed by atoms with van der Waals surface area (Å²) in [6.07, 6.45) is 8.05. The zero-order valence-corrected chi connectivity index (χ0v) is 28.2. The van der Waals surface area contributed by atoms with Crippen molar-refractivity contribution in [3.8, 4) is 39.4 Å². The minimum atomic E-state index is -3.42. The van der Waals surface area contributed by atoms with Crippen molar-refractivity contribution in [2.75, 3.05) is 52.3 Å². The van der Waals surface area contributed by atoms with E-state index >= 15 is 0 Å². The van der Waals surface area contributed by atoms with Gasteiger partial charge in [-0.15, -0.1) is 0 Å². The maximum atomic E-state index is 12.6. The molecule has 0 unspecified atom stereocenters. The Morgan fingerprint density at radius 3 is 2.34 bits per heavy atom. The van der Waals surface area contributed by atoms with Crippen LogP contribution in [0.4, 0.5) is 5.69 Å². The van der Waals surface area contributed by atoms with Gasteiger partial charge in [-0.25, -0.2) is 9.97 Å². The van der Waals surface area contributed by atoms with Crippen molar-refractivity contribution in [1.29, 1.82) is 0 Å². The third-order valence-corrected chi connectivity index (χ3v) is 11.0. The van der Waals surface area contributed by atoms with Gasteiger partial charge in [-0.2, -0.15) is 27.2 Å². The lowest BCUT2D eigenvalue weighted by Crippen LogP contribution is -2.51. The molecule has 0 atom stereocenters. The molecule has 4 heterocycles. The summed E-state index contributed by atoms with van der Waals surface area (Å²) in [5.41, 5.74) is 10.5. The molecule has 13 heteroatoms. The van der Waals surface area contributed by atoms with Gasteiger partial charge in [0.25, 0.3) is 10.2 Å². The molecule has 2 aliphatic rings. The standard InChI is InChI=1S/C34H39N9O3S/c1-39(2)47(44,45)43-16-14-42(15-17-43)28-12-10-25(30(19-28)46-5)18-31-35-20-26-11-13-29-32(33(26)37-31)34(41(4)38-29)24-8-6-23(7-9-24)27-21-36-40(3)22-27/h6-10,12,19-22H,11,13-18H2,1-5H3. The highest BCUT2D eigenvalue weighted by Crippen LogP contribution is 2.40. The van der Waals surface area contributed by atoms with E-state index < -0.39 is 10.2 Å². The van der Waals surface area contributed by atoms with Crippen LogP contribution >= 0.6 is 0 Å². The van der Waals surface area contributed by atoms with Gasteiger partial charge in [0.15, 0.2) is 0 Å². The smallest absolute Gasteiger partial charge is 0.281 e. The Morgan fingerprint density at radius 1 is 0.915 bits per heavy atom. The van der Waals surface area contributed by atoms with Gasteiger partial charge >= 0.3 is 0 Å². The van der Waals surface area contributed by atoms with E-state index in [-0.39, 0.29) is 0 Å². The Hall–Kier alpha value is -4.59. The molecular weight excluding hydrogens is 615 g/mol. The summed E-state index contributed by atoms with van der Waals surface area (Å²) in [5, 5.41) is 9.22. The molecule has 0 N–H and O–H groups in total. The molecule has 2 aromatic carbocycles. The van der Waals surface area contributed by atoms with E-state index in [0.29, 0.717) is 38.4 Å². The zero-order chi connectivity index (χ0) is 32.9. The largest absolute Gasteiger partial charge is 0.496 e. The first-order valence-electron chi connectivity index (χ1n) is 15.7. The number of rotatable bonds is 8. The van der Waals surface area contributed by atoms with Crippen molar-refractivity contribution in [3.05, 3.63) is 83.7 Å². The highest BCUT2D eigenvalue weighted by molar-refractivity contribution is 7.86. The van der Waals surface area contributed by atoms with Crippen molar-refractivity contribution in [2.24, 2.45) is 14.1 Å². The summed E-state index contributed by atoms with van der Waals surface area (Å²) in [5.74, 6) is 1.47. The Morgan fingerprint density at radius 2 is 1.66 bits per heavy atom. The number of aromatic nitrogens is 6. The van der Waals surface area contributed by atoms with Crippen LogP contribution in [0.5, 0.6) is 5.75 Å². The number of aryl methyl sites for hydroxylation is 4. The van der Waals surface area contributed by atoms with Crippen molar-refractivity contribution < 1.29 is 13.2 Å². The molecule has 0 saturated carbocycles. The predicted octanol–water partition coefficient (Wildman–Crippen LogP) is 3.57. The van der Waals surface area contributed by atoms with Gasteiger partial charge in [0.05, 0.1) is 30.4 Å². The van der Waals surface area contributed by atoms with Crippen LogP contribution in [-0.2, 0) is 43.6 Å². The second-order valence-corrected chi connectivity index (χ2v) is 14.4. The molecule has 1 aliphatic heterocycles. The topological polar surface area (TPSA) is 115 Å². The fraction of sp³-hybridized carbons (Fsp3) is 0.353. The van der Waals surface area contributed by atoms with Crippen molar-refractivity contribution >= 4 is 15.9 Å². The molecule has 1 saturated heterocycles. The number of fused-ring (bicyclic) bond motifs is 3. The van der Waals surface area contributed by atoms with Crippen LogP contribution in [0.1, 0.15) is 22.6 Å². The van der Waals surface area contributed by atoms with E-state index in [1.165, 1.54) is 8.61 Å². The average molecular weight is 654 g/mol. The Kier molecular flexibility index (Phi) is 8.06. The molecule has 3 aromatic heterocycles. The normalized spacial score (nSPS) is 15.1. The summed E-state index contributed by atoms with van der Waals surface area (Å²) in [7, 11) is 5.30. The van der Waals surface area contributed by atoms with Gasteiger partial charge in [-0.3, -0.25) is 9.36 Å². The molecule has 0 amide bonds. The monoisotopic (exact) mass is 653 g/mol. The van der Waals surface area contributed by atoms with E-state index in [2.05, 4.69) is 46.4 Å². The quantitative estimate of drug-likeness (QED) is 0.250. The van der Waals surface area contributed by atoms with Gasteiger partial charge < -0.3 is 9.64 Å². The van der Waals surface area contributed by atoms with Crippen LogP contribution in [0, 0.1) is 0 Å². The van der Waals surface area contributed by atoms with Crippen LogP contribution in [0.15, 0.2) is 61.1 Å². The number of ether oxygens (including phenoxy) is 1. The molecule has 1 aliphatic carbocycles. The number of methoxy groups -OCH3 is 1. The molecular formula is C34H39N9O3S. The summed E-state index contributed by atoms with van der Waals surface area (Å²) in [4.78, 5) is 12.1.